The van der Waals surface area contributed by atoms with Gasteiger partial charge in [0.05, 0.1) is 6.54 Å². The van der Waals surface area contributed by atoms with Crippen LogP contribution >= 0.6 is 0 Å². The van der Waals surface area contributed by atoms with Crippen LogP contribution in [0.25, 0.3) is 0 Å². The summed E-state index contributed by atoms with van der Waals surface area (Å²) in [5.74, 6) is 0.467. The van der Waals surface area contributed by atoms with Crippen LogP contribution in [0, 0.1) is 6.92 Å². The summed E-state index contributed by atoms with van der Waals surface area (Å²) in [5.41, 5.74) is 2.03. The molecule has 138 valence electrons. The van der Waals surface area contributed by atoms with Crippen molar-refractivity contribution in [2.24, 2.45) is 0 Å². The molecule has 0 aliphatic carbocycles. The molecular weight excluding hydrogens is 348 g/mol. The second-order valence-electron chi connectivity index (χ2n) is 7.44. The Morgan fingerprint density at radius 2 is 1.92 bits per heavy atom. The largest absolute Gasteiger partial charge is 0.483 e. The van der Waals surface area contributed by atoms with Gasteiger partial charge in [-0.15, -0.1) is 0 Å². The van der Waals surface area contributed by atoms with Crippen molar-refractivity contribution < 1.29 is 13.2 Å². The molecule has 0 aromatic heterocycles. The van der Waals surface area contributed by atoms with Gasteiger partial charge in [0.1, 0.15) is 16.2 Å². The fourth-order valence-electron chi connectivity index (χ4n) is 4.02. The first kappa shape index (κ1) is 17.5. The van der Waals surface area contributed by atoms with Gasteiger partial charge in [-0.1, -0.05) is 42.0 Å². The van der Waals surface area contributed by atoms with Gasteiger partial charge in [-0.2, -0.15) is 4.31 Å². The quantitative estimate of drug-likeness (QED) is 0.813. The minimum atomic E-state index is -3.51. The van der Waals surface area contributed by atoms with Gasteiger partial charge < -0.3 is 4.74 Å². The normalized spacial score (nSPS) is 25.6. The Kier molecular flexibility index (Phi) is 4.29. The van der Waals surface area contributed by atoms with Crippen LogP contribution < -0.4 is 4.74 Å². The smallest absolute Gasteiger partial charge is 0.246 e. The third-order valence-electron chi connectivity index (χ3n) is 5.26. The van der Waals surface area contributed by atoms with Gasteiger partial charge in [0.2, 0.25) is 10.0 Å². The highest BCUT2D eigenvalue weighted by molar-refractivity contribution is 7.89. The summed E-state index contributed by atoms with van der Waals surface area (Å²) in [6, 6.07) is 15.5. The van der Waals surface area contributed by atoms with E-state index in [9.17, 15) is 8.42 Å². The highest BCUT2D eigenvalue weighted by Crippen LogP contribution is 2.38. The average molecular weight is 372 g/mol. The van der Waals surface area contributed by atoms with Crippen LogP contribution in [0.4, 0.5) is 0 Å². The Balaban J connectivity index is 1.60. The van der Waals surface area contributed by atoms with Crippen molar-refractivity contribution in [3.8, 4) is 5.75 Å². The molecule has 0 saturated carbocycles. The summed E-state index contributed by atoms with van der Waals surface area (Å²) >= 11 is 0. The molecule has 0 radical (unpaired) electrons. The molecule has 2 aliphatic heterocycles. The zero-order chi connectivity index (χ0) is 18.4. The lowest BCUT2D eigenvalue weighted by molar-refractivity contribution is 0.0623. The predicted molar refractivity (Wildman–Crippen MR) is 101 cm³/mol. The lowest BCUT2D eigenvalue weighted by atomic mass is 10.0. The highest BCUT2D eigenvalue weighted by Gasteiger charge is 2.46. The van der Waals surface area contributed by atoms with Gasteiger partial charge >= 0.3 is 0 Å². The van der Waals surface area contributed by atoms with Crippen molar-refractivity contribution in [3.63, 3.8) is 0 Å². The number of likely N-dealkylation sites (tertiary alicyclic amines) is 1. The number of hydrogen-bond donors (Lipinski definition) is 0. The molecule has 6 heteroatoms. The molecule has 1 fully saturated rings. The maximum atomic E-state index is 12.8. The van der Waals surface area contributed by atoms with E-state index in [1.807, 2.05) is 6.07 Å². The van der Waals surface area contributed by atoms with E-state index in [2.05, 4.69) is 36.1 Å². The fraction of sp³-hybridized carbons (Fsp3) is 0.400. The number of likely N-dealkylation sites (N-methyl/N-ethyl adjacent to an activating group) is 1. The number of benzene rings is 2. The molecule has 0 bridgehead atoms. The molecule has 2 heterocycles. The predicted octanol–water partition coefficient (Wildman–Crippen LogP) is 2.65. The number of rotatable bonds is 2. The molecule has 2 aliphatic rings. The Hall–Kier alpha value is -1.89. The molecular formula is C20H24N2O3S. The van der Waals surface area contributed by atoms with E-state index < -0.39 is 15.6 Å². The second-order valence-corrected chi connectivity index (χ2v) is 9.46. The van der Waals surface area contributed by atoms with E-state index in [1.54, 1.807) is 25.2 Å². The Morgan fingerprint density at radius 3 is 2.73 bits per heavy atom. The third kappa shape index (κ3) is 3.13. The standard InChI is InChI=1S/C20H24N2O3S/c1-16-6-5-7-17(12-16)13-22-11-10-20(15-22)14-21(2)26(23,24)19-9-4-3-8-18(19)25-20/h3-9,12H,10-11,13-15H2,1-2H3. The van der Waals surface area contributed by atoms with E-state index in [0.29, 0.717) is 12.3 Å². The van der Waals surface area contributed by atoms with Crippen LogP contribution in [0.1, 0.15) is 17.5 Å². The summed E-state index contributed by atoms with van der Waals surface area (Å²) in [4.78, 5) is 2.61. The van der Waals surface area contributed by atoms with Crippen molar-refractivity contribution in [1.29, 1.82) is 0 Å². The van der Waals surface area contributed by atoms with E-state index >= 15 is 0 Å². The number of sulfonamides is 1. The number of fused-ring (bicyclic) bond motifs is 1. The molecule has 0 amide bonds. The van der Waals surface area contributed by atoms with Gasteiger partial charge in [-0.25, -0.2) is 8.42 Å². The highest BCUT2D eigenvalue weighted by atomic mass is 32.2. The third-order valence-corrected chi connectivity index (χ3v) is 7.10. The van der Waals surface area contributed by atoms with Gasteiger partial charge in [-0.05, 0) is 24.6 Å². The van der Waals surface area contributed by atoms with E-state index in [1.165, 1.54) is 15.4 Å². The van der Waals surface area contributed by atoms with Crippen LogP contribution in [0.3, 0.4) is 0 Å². The van der Waals surface area contributed by atoms with Crippen LogP contribution in [-0.4, -0.2) is 49.9 Å². The number of aryl methyl sites for hydroxylation is 1. The second kappa shape index (κ2) is 6.37. The molecule has 2 aromatic rings. The number of hydrogen-bond acceptors (Lipinski definition) is 4. The zero-order valence-electron chi connectivity index (χ0n) is 15.2. The van der Waals surface area contributed by atoms with Gasteiger partial charge in [0.15, 0.2) is 0 Å². The van der Waals surface area contributed by atoms with Gasteiger partial charge in [0, 0.05) is 33.1 Å². The Labute approximate surface area is 155 Å². The van der Waals surface area contributed by atoms with Crippen molar-refractivity contribution >= 4 is 10.0 Å². The Morgan fingerprint density at radius 1 is 1.12 bits per heavy atom. The van der Waals surface area contributed by atoms with Crippen LogP contribution in [0.5, 0.6) is 5.75 Å². The monoisotopic (exact) mass is 372 g/mol. The minimum absolute atomic E-state index is 0.261. The molecule has 1 atom stereocenters. The molecule has 1 saturated heterocycles. The lowest BCUT2D eigenvalue weighted by Gasteiger charge is -2.30. The Bertz CT molecular complexity index is 928. The van der Waals surface area contributed by atoms with E-state index in [-0.39, 0.29) is 4.90 Å². The van der Waals surface area contributed by atoms with Crippen molar-refractivity contribution in [3.05, 3.63) is 59.7 Å². The number of nitrogens with zero attached hydrogens (tertiary/aromatic N) is 2. The van der Waals surface area contributed by atoms with Gasteiger partial charge in [-0.3, -0.25) is 4.90 Å². The zero-order valence-corrected chi connectivity index (χ0v) is 16.0. The first-order valence-corrected chi connectivity index (χ1v) is 10.3. The lowest BCUT2D eigenvalue weighted by Crippen LogP contribution is -2.47. The molecule has 5 nitrogen and oxygen atoms in total. The fourth-order valence-corrected chi connectivity index (χ4v) is 5.37. The topological polar surface area (TPSA) is 49.9 Å². The van der Waals surface area contributed by atoms with Gasteiger partial charge in [0.25, 0.3) is 0 Å². The summed E-state index contributed by atoms with van der Waals surface area (Å²) in [5, 5.41) is 0. The van der Waals surface area contributed by atoms with E-state index in [0.717, 1.165) is 26.1 Å². The maximum Gasteiger partial charge on any atom is 0.246 e. The summed E-state index contributed by atoms with van der Waals surface area (Å²) in [6.45, 7) is 4.93. The summed E-state index contributed by atoms with van der Waals surface area (Å²) in [7, 11) is -1.87. The molecule has 1 unspecified atom stereocenters. The maximum absolute atomic E-state index is 12.8. The molecule has 2 aromatic carbocycles. The molecule has 1 spiro atoms. The molecule has 26 heavy (non-hydrogen) atoms. The van der Waals surface area contributed by atoms with Crippen LogP contribution in [-0.2, 0) is 16.6 Å². The van der Waals surface area contributed by atoms with Crippen molar-refractivity contribution in [2.45, 2.75) is 30.4 Å². The first-order valence-electron chi connectivity index (χ1n) is 8.90. The van der Waals surface area contributed by atoms with Crippen molar-refractivity contribution in [2.75, 3.05) is 26.7 Å². The van der Waals surface area contributed by atoms with Crippen LogP contribution in [0.15, 0.2) is 53.4 Å². The number of para-hydroxylation sites is 1. The molecule has 0 N–H and O–H groups in total. The number of ether oxygens (including phenoxy) is 1. The molecule has 4 rings (SSSR count). The van der Waals surface area contributed by atoms with E-state index in [4.69, 9.17) is 4.74 Å². The summed E-state index contributed by atoms with van der Waals surface area (Å²) < 4.78 is 33.4. The van der Waals surface area contributed by atoms with Crippen LogP contribution in [0.2, 0.25) is 0 Å². The van der Waals surface area contributed by atoms with Crippen molar-refractivity contribution in [1.82, 2.24) is 9.21 Å². The summed E-state index contributed by atoms with van der Waals surface area (Å²) in [6.07, 6.45) is 0.813. The average Bonchev–Trinajstić information content (AvgIpc) is 2.93. The SMILES string of the molecule is Cc1cccc(CN2CCC3(C2)CN(C)S(=O)(=O)c2ccccc2O3)c1. The first-order chi connectivity index (χ1) is 12.4. The minimum Gasteiger partial charge on any atom is -0.483 e.